The Labute approximate surface area is 174 Å². The summed E-state index contributed by atoms with van der Waals surface area (Å²) in [6, 6.07) is 10.1. The molecule has 0 saturated carbocycles. The van der Waals surface area contributed by atoms with Crippen molar-refractivity contribution in [2.45, 2.75) is 37.3 Å². The molecule has 0 aromatic heterocycles. The van der Waals surface area contributed by atoms with Crippen molar-refractivity contribution in [1.82, 2.24) is 5.32 Å². The Kier molecular flexibility index (Phi) is 6.18. The van der Waals surface area contributed by atoms with Crippen LogP contribution < -0.4 is 5.32 Å². The van der Waals surface area contributed by atoms with Crippen LogP contribution in [0.4, 0.5) is 26.3 Å². The highest BCUT2D eigenvalue weighted by Crippen LogP contribution is 2.38. The van der Waals surface area contributed by atoms with E-state index in [2.05, 4.69) is 5.32 Å². The van der Waals surface area contributed by atoms with E-state index in [0.717, 1.165) is 0 Å². The van der Waals surface area contributed by atoms with Gasteiger partial charge in [0.2, 0.25) is 5.91 Å². The van der Waals surface area contributed by atoms with Gasteiger partial charge in [-0.1, -0.05) is 42.5 Å². The molecule has 0 bridgehead atoms. The van der Waals surface area contributed by atoms with Gasteiger partial charge in [-0.2, -0.15) is 26.3 Å². The second-order valence-corrected chi connectivity index (χ2v) is 7.28. The average Bonchev–Trinajstić information content (AvgIpc) is 2.71. The maximum atomic E-state index is 13.1. The number of alkyl halides is 6. The zero-order valence-electron chi connectivity index (χ0n) is 16.3. The highest BCUT2D eigenvalue weighted by molar-refractivity contribution is 5.80. The lowest BCUT2D eigenvalue weighted by molar-refractivity contribution is -0.143. The lowest BCUT2D eigenvalue weighted by Crippen LogP contribution is -2.49. The van der Waals surface area contributed by atoms with Gasteiger partial charge in [0, 0.05) is 6.42 Å². The minimum atomic E-state index is -4.94. The van der Waals surface area contributed by atoms with Crippen LogP contribution in [-0.4, -0.2) is 12.5 Å². The summed E-state index contributed by atoms with van der Waals surface area (Å²) in [6.45, 7) is 1.18. The van der Waals surface area contributed by atoms with Gasteiger partial charge < -0.3 is 10.1 Å². The number of rotatable bonds is 5. The van der Waals surface area contributed by atoms with Gasteiger partial charge in [0.25, 0.3) is 0 Å². The molecule has 0 saturated heterocycles. The van der Waals surface area contributed by atoms with E-state index in [1.54, 1.807) is 42.5 Å². The molecule has 1 heterocycles. The van der Waals surface area contributed by atoms with Crippen LogP contribution in [0.25, 0.3) is 0 Å². The number of ether oxygens (including phenoxy) is 1. The molecule has 1 aliphatic rings. The quantitative estimate of drug-likeness (QED) is 0.471. The second kappa shape index (κ2) is 8.37. The molecule has 166 valence electrons. The molecule has 0 radical (unpaired) electrons. The maximum Gasteiger partial charge on any atom is 0.416 e. The van der Waals surface area contributed by atoms with Crippen LogP contribution in [0.15, 0.2) is 60.7 Å². The molecule has 0 spiro atoms. The van der Waals surface area contributed by atoms with Crippen molar-refractivity contribution in [3.8, 4) is 0 Å². The van der Waals surface area contributed by atoms with E-state index < -0.39 is 35.1 Å². The molecule has 0 aliphatic carbocycles. The van der Waals surface area contributed by atoms with Crippen molar-refractivity contribution in [2.75, 3.05) is 6.61 Å². The fraction of sp³-hybridized carbons (Fsp3) is 0.318. The fourth-order valence-corrected chi connectivity index (χ4v) is 3.35. The van der Waals surface area contributed by atoms with Crippen molar-refractivity contribution < 1.29 is 35.9 Å². The summed E-state index contributed by atoms with van der Waals surface area (Å²) in [7, 11) is 0. The highest BCUT2D eigenvalue weighted by atomic mass is 19.4. The van der Waals surface area contributed by atoms with Crippen molar-refractivity contribution >= 4 is 5.91 Å². The van der Waals surface area contributed by atoms with Crippen LogP contribution in [0.2, 0.25) is 0 Å². The summed E-state index contributed by atoms with van der Waals surface area (Å²) in [5.74, 6) is -0.277. The lowest BCUT2D eigenvalue weighted by Gasteiger charge is -2.35. The van der Waals surface area contributed by atoms with Crippen LogP contribution in [0, 0.1) is 0 Å². The molecule has 31 heavy (non-hydrogen) atoms. The van der Waals surface area contributed by atoms with Gasteiger partial charge >= 0.3 is 12.4 Å². The smallest absolute Gasteiger partial charge is 0.371 e. The van der Waals surface area contributed by atoms with E-state index >= 15 is 0 Å². The topological polar surface area (TPSA) is 38.3 Å². The molecular weight excluding hydrogens is 424 g/mol. The monoisotopic (exact) mass is 443 g/mol. The number of benzene rings is 2. The molecule has 1 amide bonds. The van der Waals surface area contributed by atoms with Gasteiger partial charge in [0.05, 0.1) is 23.8 Å². The molecule has 2 aromatic rings. The maximum absolute atomic E-state index is 13.1. The Hall–Kier alpha value is -2.81. The molecule has 0 fully saturated rings. The predicted octanol–water partition coefficient (Wildman–Crippen LogP) is 5.77. The van der Waals surface area contributed by atoms with Gasteiger partial charge in [0.15, 0.2) is 0 Å². The first kappa shape index (κ1) is 22.9. The average molecular weight is 443 g/mol. The molecule has 3 nitrogen and oxygen atoms in total. The first-order valence-corrected chi connectivity index (χ1v) is 9.36. The Morgan fingerprint density at radius 2 is 1.58 bits per heavy atom. The Balaban J connectivity index is 1.91. The highest BCUT2D eigenvalue weighted by Gasteiger charge is 2.38. The summed E-state index contributed by atoms with van der Waals surface area (Å²) in [5, 5.41) is 2.81. The SMILES string of the molecule is C[C@@H](OC[C@@]1(c2ccccc2)C=CCC(=O)N1)c1cc(C(F)(F)F)cc(C(F)(F)F)c1. The van der Waals surface area contributed by atoms with Crippen LogP contribution in [0.1, 0.15) is 41.7 Å². The fourth-order valence-electron chi connectivity index (χ4n) is 3.35. The number of carbonyl (C=O) groups is 1. The van der Waals surface area contributed by atoms with E-state index in [0.29, 0.717) is 17.7 Å². The minimum absolute atomic E-state index is 0.0752. The first-order chi connectivity index (χ1) is 14.4. The third-order valence-corrected chi connectivity index (χ3v) is 5.00. The van der Waals surface area contributed by atoms with Crippen molar-refractivity contribution in [3.05, 3.63) is 82.9 Å². The summed E-state index contributed by atoms with van der Waals surface area (Å²) in [6.07, 6.45) is -7.47. The zero-order chi connectivity index (χ0) is 22.9. The molecule has 2 aromatic carbocycles. The van der Waals surface area contributed by atoms with Gasteiger partial charge in [-0.25, -0.2) is 0 Å². The third-order valence-electron chi connectivity index (χ3n) is 5.00. The zero-order valence-corrected chi connectivity index (χ0v) is 16.3. The minimum Gasteiger partial charge on any atom is -0.371 e. The number of halogens is 6. The summed E-state index contributed by atoms with van der Waals surface area (Å²) in [4.78, 5) is 12.0. The van der Waals surface area contributed by atoms with Crippen molar-refractivity contribution in [1.29, 1.82) is 0 Å². The summed E-state index contributed by atoms with van der Waals surface area (Å²) < 4.78 is 84.5. The largest absolute Gasteiger partial charge is 0.416 e. The molecular formula is C22H19F6NO2. The van der Waals surface area contributed by atoms with Crippen LogP contribution >= 0.6 is 0 Å². The first-order valence-electron chi connectivity index (χ1n) is 9.36. The third kappa shape index (κ3) is 5.28. The number of amides is 1. The molecule has 0 unspecified atom stereocenters. The van der Waals surface area contributed by atoms with E-state index in [4.69, 9.17) is 4.74 Å². The number of hydrogen-bond acceptors (Lipinski definition) is 2. The number of hydrogen-bond donors (Lipinski definition) is 1. The molecule has 1 aliphatic heterocycles. The molecule has 2 atom stereocenters. The molecule has 9 heteroatoms. The Morgan fingerprint density at radius 1 is 1.00 bits per heavy atom. The van der Waals surface area contributed by atoms with Gasteiger partial charge in [-0.15, -0.1) is 0 Å². The van der Waals surface area contributed by atoms with Gasteiger partial charge in [-0.3, -0.25) is 4.79 Å². The van der Waals surface area contributed by atoms with Crippen LogP contribution in [0.5, 0.6) is 0 Å². The number of nitrogens with one attached hydrogen (secondary N) is 1. The normalized spacial score (nSPS) is 20.4. The van der Waals surface area contributed by atoms with Crippen molar-refractivity contribution in [2.24, 2.45) is 0 Å². The van der Waals surface area contributed by atoms with E-state index in [-0.39, 0.29) is 30.6 Å². The van der Waals surface area contributed by atoms with E-state index in [1.165, 1.54) is 6.92 Å². The van der Waals surface area contributed by atoms with Crippen LogP contribution in [-0.2, 0) is 27.4 Å². The van der Waals surface area contributed by atoms with E-state index in [1.807, 2.05) is 0 Å². The second-order valence-electron chi connectivity index (χ2n) is 7.28. The van der Waals surface area contributed by atoms with Gasteiger partial charge in [-0.05, 0) is 36.2 Å². The predicted molar refractivity (Wildman–Crippen MR) is 101 cm³/mol. The standard InChI is InChI=1S/C22H19F6NO2/c1-14(15-10-17(21(23,24)25)12-18(11-15)22(26,27)28)31-13-20(9-5-8-19(30)29-20)16-6-3-2-4-7-16/h2-7,9-12,14H,8,13H2,1H3,(H,29,30)/t14-,20-/m1/s1. The van der Waals surface area contributed by atoms with Crippen molar-refractivity contribution in [3.63, 3.8) is 0 Å². The van der Waals surface area contributed by atoms with Gasteiger partial charge in [0.1, 0.15) is 5.54 Å². The lowest BCUT2D eigenvalue weighted by atomic mass is 9.87. The Morgan fingerprint density at radius 3 is 2.10 bits per heavy atom. The van der Waals surface area contributed by atoms with Crippen LogP contribution in [0.3, 0.4) is 0 Å². The summed E-state index contributed by atoms with van der Waals surface area (Å²) in [5.41, 5.74) is -3.49. The van der Waals surface area contributed by atoms with E-state index in [9.17, 15) is 31.1 Å². The number of carbonyl (C=O) groups excluding carboxylic acids is 1. The Bertz CT molecular complexity index is 936. The molecule has 3 rings (SSSR count). The molecule has 1 N–H and O–H groups in total. The summed E-state index contributed by atoms with van der Waals surface area (Å²) >= 11 is 0.